The minimum atomic E-state index is -0.469. The Labute approximate surface area is 120 Å². The molecular formula is C16H22N2O2. The smallest absolute Gasteiger partial charge is 0.144 e. The highest BCUT2D eigenvalue weighted by Crippen LogP contribution is 2.07. The predicted octanol–water partition coefficient (Wildman–Crippen LogP) is 2.16. The fraction of sp³-hybridized carbons (Fsp3) is 0.438. The third kappa shape index (κ3) is 5.55. The molecule has 0 radical (unpaired) electrons. The fourth-order valence-electron chi connectivity index (χ4n) is 2.24. The lowest BCUT2D eigenvalue weighted by Crippen LogP contribution is -2.32. The lowest BCUT2D eigenvalue weighted by molar-refractivity contribution is 0.0236. The number of aliphatic hydroxyl groups is 1. The van der Waals surface area contributed by atoms with Crippen LogP contribution in [0.25, 0.3) is 6.08 Å². The molecule has 0 saturated carbocycles. The van der Waals surface area contributed by atoms with Gasteiger partial charge in [-0.3, -0.25) is 0 Å². The van der Waals surface area contributed by atoms with Crippen LogP contribution < -0.4 is 0 Å². The second-order valence-corrected chi connectivity index (χ2v) is 4.98. The molecule has 1 unspecified atom stereocenters. The zero-order chi connectivity index (χ0) is 14.0. The summed E-state index contributed by atoms with van der Waals surface area (Å²) in [5, 5.41) is 13.6. The topological polar surface area (TPSA) is 45.1 Å². The molecule has 1 aliphatic heterocycles. The molecule has 4 nitrogen and oxygen atoms in total. The van der Waals surface area contributed by atoms with Crippen molar-refractivity contribution in [2.24, 2.45) is 5.16 Å². The Hall–Kier alpha value is -1.65. The van der Waals surface area contributed by atoms with Crippen molar-refractivity contribution in [2.75, 3.05) is 26.2 Å². The van der Waals surface area contributed by atoms with Crippen LogP contribution in [0.5, 0.6) is 0 Å². The molecule has 0 aliphatic carbocycles. The molecule has 1 aromatic rings. The number of likely N-dealkylation sites (tertiary alicyclic amines) is 1. The van der Waals surface area contributed by atoms with Crippen LogP contribution in [0.3, 0.4) is 0 Å². The van der Waals surface area contributed by atoms with Crippen LogP contribution in [0.1, 0.15) is 18.4 Å². The maximum absolute atomic E-state index is 9.79. The molecule has 1 N–H and O–H groups in total. The summed E-state index contributed by atoms with van der Waals surface area (Å²) in [4.78, 5) is 7.34. The van der Waals surface area contributed by atoms with Crippen molar-refractivity contribution < 1.29 is 9.94 Å². The van der Waals surface area contributed by atoms with Crippen molar-refractivity contribution >= 4 is 12.3 Å². The van der Waals surface area contributed by atoms with Crippen molar-refractivity contribution in [3.8, 4) is 0 Å². The third-order valence-electron chi connectivity index (χ3n) is 3.24. The van der Waals surface area contributed by atoms with E-state index in [4.69, 9.17) is 4.84 Å². The van der Waals surface area contributed by atoms with Gasteiger partial charge in [-0.1, -0.05) is 41.6 Å². The first kappa shape index (κ1) is 14.8. The molecule has 0 bridgehead atoms. The average molecular weight is 274 g/mol. The summed E-state index contributed by atoms with van der Waals surface area (Å²) in [6.07, 6.45) is 7.36. The molecular weight excluding hydrogens is 252 g/mol. The first-order valence-electron chi connectivity index (χ1n) is 7.12. The number of allylic oxidation sites excluding steroid dienone is 1. The molecule has 1 saturated heterocycles. The van der Waals surface area contributed by atoms with Crippen LogP contribution in [0, 0.1) is 0 Å². The Morgan fingerprint density at radius 3 is 2.75 bits per heavy atom. The number of oxime groups is 1. The van der Waals surface area contributed by atoms with Crippen LogP contribution in [-0.4, -0.2) is 48.6 Å². The minimum absolute atomic E-state index is 0.242. The molecule has 0 spiro atoms. The zero-order valence-corrected chi connectivity index (χ0v) is 11.7. The Morgan fingerprint density at radius 1 is 1.25 bits per heavy atom. The summed E-state index contributed by atoms with van der Waals surface area (Å²) >= 11 is 0. The van der Waals surface area contributed by atoms with Gasteiger partial charge in [-0.25, -0.2) is 0 Å². The first-order chi connectivity index (χ1) is 9.84. The Morgan fingerprint density at radius 2 is 2.00 bits per heavy atom. The van der Waals surface area contributed by atoms with Crippen LogP contribution in [-0.2, 0) is 4.84 Å². The van der Waals surface area contributed by atoms with Crippen LogP contribution in [0.15, 0.2) is 41.6 Å². The number of hydrogen-bond donors (Lipinski definition) is 1. The summed E-state index contributed by atoms with van der Waals surface area (Å²) in [6.45, 7) is 3.09. The lowest BCUT2D eigenvalue weighted by Gasteiger charge is -2.17. The quantitative estimate of drug-likeness (QED) is 0.612. The van der Waals surface area contributed by atoms with Gasteiger partial charge >= 0.3 is 0 Å². The minimum Gasteiger partial charge on any atom is -0.393 e. The summed E-state index contributed by atoms with van der Waals surface area (Å²) in [5.41, 5.74) is 1.12. The van der Waals surface area contributed by atoms with E-state index in [9.17, 15) is 5.11 Å². The molecule has 4 heteroatoms. The number of nitrogens with zero attached hydrogens (tertiary/aromatic N) is 2. The monoisotopic (exact) mass is 274 g/mol. The van der Waals surface area contributed by atoms with Crippen LogP contribution in [0.2, 0.25) is 0 Å². The van der Waals surface area contributed by atoms with Crippen molar-refractivity contribution in [3.05, 3.63) is 42.0 Å². The second-order valence-electron chi connectivity index (χ2n) is 4.98. The van der Waals surface area contributed by atoms with Gasteiger partial charge in [0.1, 0.15) is 12.7 Å². The average Bonchev–Trinajstić information content (AvgIpc) is 2.96. The van der Waals surface area contributed by atoms with E-state index in [-0.39, 0.29) is 6.61 Å². The summed E-state index contributed by atoms with van der Waals surface area (Å²) < 4.78 is 0. The molecule has 108 valence electrons. The Bertz CT molecular complexity index is 425. The number of rotatable bonds is 7. The molecule has 2 rings (SSSR count). The number of hydrogen-bond acceptors (Lipinski definition) is 4. The van der Waals surface area contributed by atoms with Crippen molar-refractivity contribution in [3.63, 3.8) is 0 Å². The number of aliphatic hydroxyl groups excluding tert-OH is 1. The highest BCUT2D eigenvalue weighted by Gasteiger charge is 2.15. The Kier molecular flexibility index (Phi) is 6.27. The van der Waals surface area contributed by atoms with E-state index in [1.807, 2.05) is 42.5 Å². The highest BCUT2D eigenvalue weighted by atomic mass is 16.6. The maximum Gasteiger partial charge on any atom is 0.144 e. The van der Waals surface area contributed by atoms with Gasteiger partial charge in [0.2, 0.25) is 0 Å². The third-order valence-corrected chi connectivity index (χ3v) is 3.24. The van der Waals surface area contributed by atoms with Gasteiger partial charge in [-0.2, -0.15) is 0 Å². The van der Waals surface area contributed by atoms with Crippen LogP contribution in [0.4, 0.5) is 0 Å². The SMILES string of the molecule is OC(CO/N=C/C=C/c1ccccc1)CN1CCCC1. The molecule has 20 heavy (non-hydrogen) atoms. The molecule has 1 atom stereocenters. The van der Waals surface area contributed by atoms with E-state index >= 15 is 0 Å². The van der Waals surface area contributed by atoms with E-state index in [0.717, 1.165) is 18.7 Å². The van der Waals surface area contributed by atoms with Gasteiger partial charge in [0.15, 0.2) is 0 Å². The van der Waals surface area contributed by atoms with Gasteiger partial charge < -0.3 is 14.8 Å². The van der Waals surface area contributed by atoms with E-state index in [1.165, 1.54) is 12.8 Å². The van der Waals surface area contributed by atoms with E-state index in [1.54, 1.807) is 6.21 Å². The first-order valence-corrected chi connectivity index (χ1v) is 7.12. The van der Waals surface area contributed by atoms with Crippen molar-refractivity contribution in [1.82, 2.24) is 4.90 Å². The zero-order valence-electron chi connectivity index (χ0n) is 11.7. The molecule has 1 aliphatic rings. The molecule has 1 aromatic carbocycles. The van der Waals surface area contributed by atoms with E-state index in [0.29, 0.717) is 6.54 Å². The molecule has 1 heterocycles. The van der Waals surface area contributed by atoms with E-state index < -0.39 is 6.10 Å². The van der Waals surface area contributed by atoms with E-state index in [2.05, 4.69) is 10.1 Å². The van der Waals surface area contributed by atoms with Crippen LogP contribution >= 0.6 is 0 Å². The summed E-state index contributed by atoms with van der Waals surface area (Å²) in [6, 6.07) is 10.00. The van der Waals surface area contributed by atoms with Crippen molar-refractivity contribution in [2.45, 2.75) is 18.9 Å². The molecule has 0 aromatic heterocycles. The fourth-order valence-corrected chi connectivity index (χ4v) is 2.24. The second kappa shape index (κ2) is 8.51. The maximum atomic E-state index is 9.79. The van der Waals surface area contributed by atoms with Gasteiger partial charge in [0.05, 0.1) is 6.21 Å². The van der Waals surface area contributed by atoms with Crippen molar-refractivity contribution in [1.29, 1.82) is 0 Å². The predicted molar refractivity (Wildman–Crippen MR) is 81.6 cm³/mol. The number of β-amino-alcohol motifs (C(OH)–C–C–N with tert-alkyl or cyclic N) is 1. The summed E-state index contributed by atoms with van der Waals surface area (Å²) in [5.74, 6) is 0. The molecule has 0 amide bonds. The van der Waals surface area contributed by atoms with Gasteiger partial charge in [-0.15, -0.1) is 0 Å². The highest BCUT2D eigenvalue weighted by molar-refractivity contribution is 5.77. The molecule has 1 fully saturated rings. The van der Waals surface area contributed by atoms with Gasteiger partial charge in [-0.05, 0) is 37.6 Å². The Balaban J connectivity index is 1.60. The standard InChI is InChI=1S/C16H22N2O2/c19-16(13-18-11-4-5-12-18)14-20-17-10-6-9-15-7-2-1-3-8-15/h1-3,6-10,16,19H,4-5,11-14H2/b9-6+,17-10+. The summed E-state index contributed by atoms with van der Waals surface area (Å²) in [7, 11) is 0. The normalized spacial score (nSPS) is 18.1. The largest absolute Gasteiger partial charge is 0.393 e. The van der Waals surface area contributed by atoms with Gasteiger partial charge in [0.25, 0.3) is 0 Å². The van der Waals surface area contributed by atoms with Gasteiger partial charge in [0, 0.05) is 6.54 Å². The lowest BCUT2D eigenvalue weighted by atomic mass is 10.2. The number of benzene rings is 1.